The van der Waals surface area contributed by atoms with Crippen molar-refractivity contribution in [1.29, 1.82) is 0 Å². The van der Waals surface area contributed by atoms with Crippen LogP contribution < -0.4 is 4.31 Å². The van der Waals surface area contributed by atoms with Gasteiger partial charge in [0.05, 0.1) is 10.6 Å². The van der Waals surface area contributed by atoms with Crippen LogP contribution in [-0.2, 0) is 10.0 Å². The molecule has 0 aliphatic carbocycles. The van der Waals surface area contributed by atoms with Crippen molar-refractivity contribution >= 4 is 21.9 Å². The van der Waals surface area contributed by atoms with Crippen molar-refractivity contribution in [3.8, 4) is 0 Å². The van der Waals surface area contributed by atoms with Gasteiger partial charge in [0.15, 0.2) is 0 Å². The first kappa shape index (κ1) is 12.6. The van der Waals surface area contributed by atoms with Gasteiger partial charge in [-0.25, -0.2) is 12.7 Å². The third-order valence-electron chi connectivity index (χ3n) is 2.98. The van der Waals surface area contributed by atoms with Gasteiger partial charge in [-0.05, 0) is 18.2 Å². The standard InChI is InChI=1S/C15H12N2O2S/c18-20(19,14-7-2-1-3-8-14)17-11-10-16-12-13-6-4-5-9-15(13)17/h1-12H. The Morgan fingerprint density at radius 1 is 0.900 bits per heavy atom. The number of rotatable bonds is 2. The zero-order valence-corrected chi connectivity index (χ0v) is 11.4. The Kier molecular flexibility index (Phi) is 3.12. The van der Waals surface area contributed by atoms with Crippen LogP contribution in [0.25, 0.3) is 0 Å². The Labute approximate surface area is 117 Å². The minimum absolute atomic E-state index is 0.251. The highest BCUT2D eigenvalue weighted by Gasteiger charge is 2.25. The molecule has 1 heterocycles. The minimum Gasteiger partial charge on any atom is -0.262 e. The Bertz CT molecular complexity index is 781. The molecule has 1 aliphatic heterocycles. The predicted octanol–water partition coefficient (Wildman–Crippen LogP) is 2.79. The van der Waals surface area contributed by atoms with Crippen LogP contribution in [0.2, 0.25) is 0 Å². The van der Waals surface area contributed by atoms with Gasteiger partial charge in [0.25, 0.3) is 10.0 Å². The van der Waals surface area contributed by atoms with E-state index < -0.39 is 10.0 Å². The molecule has 0 atom stereocenters. The van der Waals surface area contributed by atoms with E-state index in [1.165, 1.54) is 16.7 Å². The Morgan fingerprint density at radius 2 is 1.60 bits per heavy atom. The molecule has 0 fully saturated rings. The molecule has 0 radical (unpaired) electrons. The van der Waals surface area contributed by atoms with Crippen LogP contribution in [0.15, 0.2) is 76.9 Å². The monoisotopic (exact) mass is 284 g/mol. The molecule has 0 unspecified atom stereocenters. The maximum absolute atomic E-state index is 12.7. The Morgan fingerprint density at radius 3 is 2.40 bits per heavy atom. The Hall–Kier alpha value is -2.40. The first-order valence-electron chi connectivity index (χ1n) is 6.08. The largest absolute Gasteiger partial charge is 0.268 e. The molecule has 0 spiro atoms. The second-order valence-corrected chi connectivity index (χ2v) is 6.06. The van der Waals surface area contributed by atoms with Gasteiger partial charge in [-0.3, -0.25) is 4.99 Å². The predicted molar refractivity (Wildman–Crippen MR) is 79.3 cm³/mol. The number of sulfonamides is 1. The zero-order valence-electron chi connectivity index (χ0n) is 10.5. The fraction of sp³-hybridized carbons (Fsp3) is 0. The van der Waals surface area contributed by atoms with Crippen LogP contribution in [0, 0.1) is 0 Å². The topological polar surface area (TPSA) is 49.7 Å². The molecule has 0 saturated heterocycles. The summed E-state index contributed by atoms with van der Waals surface area (Å²) in [5, 5.41) is 0. The summed E-state index contributed by atoms with van der Waals surface area (Å²) in [5.74, 6) is 0. The lowest BCUT2D eigenvalue weighted by atomic mass is 10.2. The van der Waals surface area contributed by atoms with Crippen LogP contribution in [0.5, 0.6) is 0 Å². The van der Waals surface area contributed by atoms with Crippen molar-refractivity contribution in [2.24, 2.45) is 4.99 Å². The number of nitrogens with zero attached hydrogens (tertiary/aromatic N) is 2. The lowest BCUT2D eigenvalue weighted by Gasteiger charge is -2.21. The van der Waals surface area contributed by atoms with Crippen LogP contribution in [0.1, 0.15) is 5.56 Å². The average molecular weight is 284 g/mol. The summed E-state index contributed by atoms with van der Waals surface area (Å²) < 4.78 is 26.7. The van der Waals surface area contributed by atoms with E-state index in [2.05, 4.69) is 4.99 Å². The lowest BCUT2D eigenvalue weighted by molar-refractivity contribution is 0.596. The smallest absolute Gasteiger partial charge is 0.262 e. The number of benzene rings is 2. The van der Waals surface area contributed by atoms with E-state index in [9.17, 15) is 8.42 Å². The van der Waals surface area contributed by atoms with Gasteiger partial charge in [0.1, 0.15) is 0 Å². The third kappa shape index (κ3) is 2.12. The van der Waals surface area contributed by atoms with E-state index in [1.807, 2.05) is 12.1 Å². The first-order valence-corrected chi connectivity index (χ1v) is 7.52. The number of hydrogen-bond acceptors (Lipinski definition) is 3. The van der Waals surface area contributed by atoms with E-state index in [-0.39, 0.29) is 4.90 Å². The molecule has 2 aromatic rings. The number of anilines is 1. The SMILES string of the molecule is O=S(=O)(c1ccccc1)N1C=CN=Cc2ccccc21. The number of hydrogen-bond donors (Lipinski definition) is 0. The molecule has 3 rings (SSSR count). The van der Waals surface area contributed by atoms with Crippen molar-refractivity contribution in [3.05, 3.63) is 72.6 Å². The van der Waals surface area contributed by atoms with Crippen LogP contribution >= 0.6 is 0 Å². The second kappa shape index (κ2) is 4.94. The molecule has 20 heavy (non-hydrogen) atoms. The summed E-state index contributed by atoms with van der Waals surface area (Å²) >= 11 is 0. The molecule has 1 aliphatic rings. The zero-order chi connectivity index (χ0) is 14.0. The maximum atomic E-state index is 12.7. The highest BCUT2D eigenvalue weighted by Crippen LogP contribution is 2.27. The maximum Gasteiger partial charge on any atom is 0.268 e. The number of aliphatic imine (C=N–C) groups is 1. The van der Waals surface area contributed by atoms with Gasteiger partial charge in [0, 0.05) is 24.2 Å². The van der Waals surface area contributed by atoms with Crippen molar-refractivity contribution in [2.75, 3.05) is 4.31 Å². The van der Waals surface area contributed by atoms with Crippen LogP contribution in [-0.4, -0.2) is 14.6 Å². The van der Waals surface area contributed by atoms with Crippen molar-refractivity contribution < 1.29 is 8.42 Å². The van der Waals surface area contributed by atoms with Crippen LogP contribution in [0.3, 0.4) is 0 Å². The third-order valence-corrected chi connectivity index (χ3v) is 4.68. The molecular formula is C15H12N2O2S. The van der Waals surface area contributed by atoms with Gasteiger partial charge in [-0.2, -0.15) is 0 Å². The van der Waals surface area contributed by atoms with Crippen LogP contribution in [0.4, 0.5) is 5.69 Å². The van der Waals surface area contributed by atoms with E-state index >= 15 is 0 Å². The molecule has 0 N–H and O–H groups in total. The van der Waals surface area contributed by atoms with E-state index in [0.717, 1.165) is 5.56 Å². The molecule has 0 bridgehead atoms. The molecule has 2 aromatic carbocycles. The van der Waals surface area contributed by atoms with Gasteiger partial charge < -0.3 is 0 Å². The highest BCUT2D eigenvalue weighted by molar-refractivity contribution is 7.93. The molecule has 0 amide bonds. The van der Waals surface area contributed by atoms with E-state index in [4.69, 9.17) is 0 Å². The van der Waals surface area contributed by atoms with Gasteiger partial charge >= 0.3 is 0 Å². The molecular weight excluding hydrogens is 272 g/mol. The molecule has 0 aromatic heterocycles. The minimum atomic E-state index is -3.63. The van der Waals surface area contributed by atoms with E-state index in [0.29, 0.717) is 5.69 Å². The normalized spacial score (nSPS) is 13.9. The highest BCUT2D eigenvalue weighted by atomic mass is 32.2. The van der Waals surface area contributed by atoms with Crippen molar-refractivity contribution in [1.82, 2.24) is 0 Å². The van der Waals surface area contributed by atoms with Gasteiger partial charge in [0.2, 0.25) is 0 Å². The molecule has 4 nitrogen and oxygen atoms in total. The lowest BCUT2D eigenvalue weighted by Crippen LogP contribution is -2.26. The quantitative estimate of drug-likeness (QED) is 0.851. The average Bonchev–Trinajstić information content (AvgIpc) is 2.71. The van der Waals surface area contributed by atoms with Crippen molar-refractivity contribution in [3.63, 3.8) is 0 Å². The van der Waals surface area contributed by atoms with Crippen molar-refractivity contribution in [2.45, 2.75) is 4.90 Å². The summed E-state index contributed by atoms with van der Waals surface area (Å²) in [7, 11) is -3.63. The first-order chi connectivity index (χ1) is 9.69. The molecule has 5 heteroatoms. The number of para-hydroxylation sites is 1. The summed E-state index contributed by atoms with van der Waals surface area (Å²) in [4.78, 5) is 4.31. The fourth-order valence-electron chi connectivity index (χ4n) is 2.02. The fourth-order valence-corrected chi connectivity index (χ4v) is 3.38. The van der Waals surface area contributed by atoms with E-state index in [1.54, 1.807) is 48.7 Å². The summed E-state index contributed by atoms with van der Waals surface area (Å²) in [6.07, 6.45) is 4.58. The summed E-state index contributed by atoms with van der Waals surface area (Å²) in [5.41, 5.74) is 1.35. The Balaban J connectivity index is 2.16. The molecule has 0 saturated carbocycles. The summed E-state index contributed by atoms with van der Waals surface area (Å²) in [6, 6.07) is 15.6. The molecule has 100 valence electrons. The second-order valence-electron chi connectivity index (χ2n) is 4.25. The van der Waals surface area contributed by atoms with Gasteiger partial charge in [-0.1, -0.05) is 36.4 Å². The number of fused-ring (bicyclic) bond motifs is 1. The van der Waals surface area contributed by atoms with Gasteiger partial charge in [-0.15, -0.1) is 0 Å². The summed E-state index contributed by atoms with van der Waals surface area (Å²) in [6.45, 7) is 0.